The van der Waals surface area contributed by atoms with Gasteiger partial charge in [0.15, 0.2) is 0 Å². The molecular weight excluding hydrogens is 236 g/mol. The Labute approximate surface area is 111 Å². The lowest BCUT2D eigenvalue weighted by molar-refractivity contribution is -0.143. The monoisotopic (exact) mass is 262 g/mol. The number of hydrogen-bond acceptors (Lipinski definition) is 2. The molecule has 0 atom stereocenters. The topological polar surface area (TPSA) is 26.3 Å². The summed E-state index contributed by atoms with van der Waals surface area (Å²) in [6.07, 6.45) is 11.6. The Morgan fingerprint density at radius 2 is 1.35 bits per heavy atom. The molecule has 0 rings (SSSR count). The van der Waals surface area contributed by atoms with Crippen molar-refractivity contribution in [1.29, 1.82) is 0 Å². The van der Waals surface area contributed by atoms with Crippen molar-refractivity contribution < 1.29 is 9.53 Å². The van der Waals surface area contributed by atoms with Gasteiger partial charge in [-0.15, -0.1) is 11.6 Å². The van der Waals surface area contributed by atoms with Gasteiger partial charge in [-0.1, -0.05) is 44.9 Å². The first-order chi connectivity index (χ1) is 8.31. The van der Waals surface area contributed by atoms with E-state index >= 15 is 0 Å². The lowest BCUT2D eigenvalue weighted by Crippen LogP contribution is -2.03. The van der Waals surface area contributed by atoms with Crippen LogP contribution in [0.2, 0.25) is 0 Å². The van der Waals surface area contributed by atoms with Crippen LogP contribution >= 0.6 is 11.6 Å². The molecule has 0 amide bonds. The predicted octanol–water partition coefficient (Wildman–Crippen LogP) is 4.69. The SMILES string of the molecule is CCOC(=O)CCCCCCCCCCCCl. The second-order valence-corrected chi connectivity index (χ2v) is 4.80. The quantitative estimate of drug-likeness (QED) is 0.290. The summed E-state index contributed by atoms with van der Waals surface area (Å²) in [5, 5.41) is 0. The van der Waals surface area contributed by atoms with E-state index in [-0.39, 0.29) is 5.97 Å². The molecule has 0 bridgehead atoms. The molecule has 0 unspecified atom stereocenters. The molecule has 0 aliphatic carbocycles. The standard InChI is InChI=1S/C14H27ClO2/c1-2-17-14(16)12-10-8-6-4-3-5-7-9-11-13-15/h2-13H2,1H3. The third-order valence-electron chi connectivity index (χ3n) is 2.82. The molecule has 0 aliphatic rings. The highest BCUT2D eigenvalue weighted by Crippen LogP contribution is 2.11. The van der Waals surface area contributed by atoms with Crippen LogP contribution in [0, 0.1) is 0 Å². The maximum absolute atomic E-state index is 11.0. The maximum atomic E-state index is 11.0. The molecule has 0 saturated heterocycles. The average molecular weight is 263 g/mol. The molecule has 0 aromatic carbocycles. The Bertz CT molecular complexity index is 172. The van der Waals surface area contributed by atoms with E-state index in [0.29, 0.717) is 13.0 Å². The summed E-state index contributed by atoms with van der Waals surface area (Å²) in [7, 11) is 0. The maximum Gasteiger partial charge on any atom is 0.305 e. The molecule has 0 saturated carbocycles. The van der Waals surface area contributed by atoms with E-state index in [9.17, 15) is 4.79 Å². The van der Waals surface area contributed by atoms with E-state index in [2.05, 4.69) is 0 Å². The van der Waals surface area contributed by atoms with Gasteiger partial charge in [0.1, 0.15) is 0 Å². The van der Waals surface area contributed by atoms with E-state index in [4.69, 9.17) is 16.3 Å². The van der Waals surface area contributed by atoms with Crippen LogP contribution in [0.25, 0.3) is 0 Å². The fourth-order valence-electron chi connectivity index (χ4n) is 1.83. The number of ether oxygens (including phenoxy) is 1. The Kier molecular flexibility index (Phi) is 13.6. The molecule has 3 heteroatoms. The van der Waals surface area contributed by atoms with Crippen molar-refractivity contribution in [3.63, 3.8) is 0 Å². The third kappa shape index (κ3) is 13.7. The van der Waals surface area contributed by atoms with Crippen LogP contribution in [0.5, 0.6) is 0 Å². The van der Waals surface area contributed by atoms with E-state index < -0.39 is 0 Å². The molecule has 0 aliphatic heterocycles. The highest BCUT2D eigenvalue weighted by atomic mass is 35.5. The third-order valence-corrected chi connectivity index (χ3v) is 3.09. The Morgan fingerprint density at radius 1 is 0.882 bits per heavy atom. The van der Waals surface area contributed by atoms with Crippen molar-refractivity contribution in [2.24, 2.45) is 0 Å². The zero-order chi connectivity index (χ0) is 12.8. The van der Waals surface area contributed by atoms with Crippen molar-refractivity contribution in [1.82, 2.24) is 0 Å². The van der Waals surface area contributed by atoms with Gasteiger partial charge in [-0.05, 0) is 19.8 Å². The number of unbranched alkanes of at least 4 members (excludes halogenated alkanes) is 8. The first-order valence-corrected chi connectivity index (χ1v) is 7.56. The fourth-order valence-corrected chi connectivity index (χ4v) is 2.02. The molecule has 17 heavy (non-hydrogen) atoms. The zero-order valence-corrected chi connectivity index (χ0v) is 11.9. The molecule has 0 heterocycles. The van der Waals surface area contributed by atoms with E-state index in [1.807, 2.05) is 6.92 Å². The van der Waals surface area contributed by atoms with Crippen molar-refractivity contribution >= 4 is 17.6 Å². The van der Waals surface area contributed by atoms with Gasteiger partial charge in [-0.2, -0.15) is 0 Å². The summed E-state index contributed by atoms with van der Waals surface area (Å²) in [5.74, 6) is 0.752. The summed E-state index contributed by atoms with van der Waals surface area (Å²) >= 11 is 5.61. The number of carbonyl (C=O) groups is 1. The highest BCUT2D eigenvalue weighted by molar-refractivity contribution is 6.17. The van der Waals surface area contributed by atoms with E-state index in [0.717, 1.165) is 25.1 Å². The van der Waals surface area contributed by atoms with Crippen LogP contribution in [0.4, 0.5) is 0 Å². The zero-order valence-electron chi connectivity index (χ0n) is 11.2. The summed E-state index contributed by atoms with van der Waals surface area (Å²) in [5.41, 5.74) is 0. The van der Waals surface area contributed by atoms with Crippen LogP contribution in [-0.4, -0.2) is 18.5 Å². The second kappa shape index (κ2) is 13.8. The summed E-state index contributed by atoms with van der Waals surface area (Å²) in [4.78, 5) is 11.0. The fraction of sp³-hybridized carbons (Fsp3) is 0.929. The van der Waals surface area contributed by atoms with E-state index in [1.54, 1.807) is 0 Å². The number of carbonyl (C=O) groups excluding carboxylic acids is 1. The van der Waals surface area contributed by atoms with Crippen LogP contribution in [0.1, 0.15) is 71.1 Å². The smallest absolute Gasteiger partial charge is 0.305 e. The highest BCUT2D eigenvalue weighted by Gasteiger charge is 2.00. The minimum Gasteiger partial charge on any atom is -0.466 e. The van der Waals surface area contributed by atoms with Gasteiger partial charge in [0, 0.05) is 12.3 Å². The van der Waals surface area contributed by atoms with Gasteiger partial charge in [0.25, 0.3) is 0 Å². The Hall–Kier alpha value is -0.240. The van der Waals surface area contributed by atoms with Gasteiger partial charge in [0.05, 0.1) is 6.61 Å². The molecule has 102 valence electrons. The van der Waals surface area contributed by atoms with Crippen LogP contribution in [0.15, 0.2) is 0 Å². The number of hydrogen-bond donors (Lipinski definition) is 0. The molecule has 0 radical (unpaired) electrons. The van der Waals surface area contributed by atoms with Crippen molar-refractivity contribution in [2.75, 3.05) is 12.5 Å². The normalized spacial score (nSPS) is 10.5. The summed E-state index contributed by atoms with van der Waals surface area (Å²) in [6.45, 7) is 2.35. The number of rotatable bonds is 12. The molecule has 0 aromatic rings. The number of alkyl halides is 1. The van der Waals surface area contributed by atoms with Gasteiger partial charge in [-0.25, -0.2) is 0 Å². The first-order valence-electron chi connectivity index (χ1n) is 7.02. The van der Waals surface area contributed by atoms with Crippen molar-refractivity contribution in [3.8, 4) is 0 Å². The lowest BCUT2D eigenvalue weighted by atomic mass is 10.1. The predicted molar refractivity (Wildman–Crippen MR) is 73.5 cm³/mol. The van der Waals surface area contributed by atoms with Crippen LogP contribution in [-0.2, 0) is 9.53 Å². The van der Waals surface area contributed by atoms with E-state index in [1.165, 1.54) is 38.5 Å². The molecule has 0 aromatic heterocycles. The van der Waals surface area contributed by atoms with Crippen molar-refractivity contribution in [2.45, 2.75) is 71.1 Å². The van der Waals surface area contributed by atoms with Crippen molar-refractivity contribution in [3.05, 3.63) is 0 Å². The number of esters is 1. The largest absolute Gasteiger partial charge is 0.466 e. The summed E-state index contributed by atoms with van der Waals surface area (Å²) in [6, 6.07) is 0. The van der Waals surface area contributed by atoms with Crippen LogP contribution in [0.3, 0.4) is 0 Å². The average Bonchev–Trinajstić information content (AvgIpc) is 2.32. The van der Waals surface area contributed by atoms with Crippen LogP contribution < -0.4 is 0 Å². The summed E-state index contributed by atoms with van der Waals surface area (Å²) < 4.78 is 4.87. The molecule has 2 nitrogen and oxygen atoms in total. The molecular formula is C14H27ClO2. The van der Waals surface area contributed by atoms with Gasteiger partial charge < -0.3 is 4.74 Å². The minimum absolute atomic E-state index is 0.0476. The minimum atomic E-state index is -0.0476. The second-order valence-electron chi connectivity index (χ2n) is 4.43. The Balaban J connectivity index is 3.01. The first kappa shape index (κ1) is 16.8. The van der Waals surface area contributed by atoms with Gasteiger partial charge >= 0.3 is 5.97 Å². The Morgan fingerprint density at radius 3 is 1.82 bits per heavy atom. The van der Waals surface area contributed by atoms with Gasteiger partial charge in [-0.3, -0.25) is 4.79 Å². The molecule has 0 spiro atoms. The molecule has 0 N–H and O–H groups in total. The molecule has 0 fully saturated rings. The number of halogens is 1. The lowest BCUT2D eigenvalue weighted by Gasteiger charge is -2.02. The van der Waals surface area contributed by atoms with Gasteiger partial charge in [0.2, 0.25) is 0 Å².